The molecule has 0 saturated heterocycles. The fraction of sp³-hybridized carbons (Fsp3) is 0.200. The van der Waals surface area contributed by atoms with Gasteiger partial charge < -0.3 is 10.5 Å². The first-order valence-electron chi connectivity index (χ1n) is 5.99. The molecule has 2 nitrogen and oxygen atoms in total. The van der Waals surface area contributed by atoms with Gasteiger partial charge in [-0.3, -0.25) is 0 Å². The average molecular weight is 306 g/mol. The molecule has 0 aromatic heterocycles. The van der Waals surface area contributed by atoms with Crippen molar-refractivity contribution in [1.29, 1.82) is 0 Å². The molecule has 1 atom stereocenters. The molecule has 2 aromatic rings. The van der Waals surface area contributed by atoms with Gasteiger partial charge >= 0.3 is 0 Å². The highest BCUT2D eigenvalue weighted by Gasteiger charge is 2.11. The van der Waals surface area contributed by atoms with Gasteiger partial charge in [-0.25, -0.2) is 0 Å². The van der Waals surface area contributed by atoms with Gasteiger partial charge in [0.15, 0.2) is 0 Å². The molecule has 0 bridgehead atoms. The van der Waals surface area contributed by atoms with E-state index >= 15 is 0 Å². The van der Waals surface area contributed by atoms with Gasteiger partial charge in [-0.2, -0.15) is 0 Å². The number of benzene rings is 2. The topological polar surface area (TPSA) is 35.2 Å². The lowest BCUT2D eigenvalue weighted by atomic mass is 10.0. The summed E-state index contributed by atoms with van der Waals surface area (Å²) in [6, 6.07) is 15.7. The van der Waals surface area contributed by atoms with Crippen LogP contribution in [0, 0.1) is 0 Å². The van der Waals surface area contributed by atoms with Crippen LogP contribution in [0.1, 0.15) is 24.9 Å². The van der Waals surface area contributed by atoms with Crippen molar-refractivity contribution in [2.45, 2.75) is 19.4 Å². The van der Waals surface area contributed by atoms with Crippen LogP contribution in [0.2, 0.25) is 0 Å². The van der Waals surface area contributed by atoms with Crippen LogP contribution in [-0.2, 0) is 0 Å². The predicted molar refractivity (Wildman–Crippen MR) is 77.9 cm³/mol. The molecule has 0 saturated carbocycles. The Morgan fingerprint density at radius 2 is 1.67 bits per heavy atom. The predicted octanol–water partition coefficient (Wildman–Crippen LogP) is 4.65. The van der Waals surface area contributed by atoms with E-state index in [1.165, 1.54) is 0 Å². The van der Waals surface area contributed by atoms with Crippen LogP contribution < -0.4 is 10.5 Å². The Bertz CT molecular complexity index is 527. The van der Waals surface area contributed by atoms with Gasteiger partial charge in [-0.05, 0) is 40.5 Å². The van der Waals surface area contributed by atoms with E-state index in [1.54, 1.807) is 0 Å². The highest BCUT2D eigenvalue weighted by molar-refractivity contribution is 9.10. The molecule has 2 N–H and O–H groups in total. The minimum absolute atomic E-state index is 0.00341. The first kappa shape index (κ1) is 13.1. The minimum Gasteiger partial charge on any atom is -0.456 e. The van der Waals surface area contributed by atoms with Crippen molar-refractivity contribution in [2.75, 3.05) is 0 Å². The summed E-state index contributed by atoms with van der Waals surface area (Å²) >= 11 is 3.48. The van der Waals surface area contributed by atoms with E-state index in [1.807, 2.05) is 48.5 Å². The molecule has 2 aromatic carbocycles. The number of nitrogens with two attached hydrogens (primary N) is 1. The summed E-state index contributed by atoms with van der Waals surface area (Å²) < 4.78 is 6.87. The Hall–Kier alpha value is -1.32. The Kier molecular flexibility index (Phi) is 4.39. The maximum atomic E-state index is 6.10. The van der Waals surface area contributed by atoms with E-state index < -0.39 is 0 Å². The molecule has 0 amide bonds. The number of hydrogen-bond acceptors (Lipinski definition) is 2. The first-order chi connectivity index (χ1) is 8.72. The van der Waals surface area contributed by atoms with Crippen molar-refractivity contribution in [3.8, 4) is 11.5 Å². The number of hydrogen-bond donors (Lipinski definition) is 1. The summed E-state index contributed by atoms with van der Waals surface area (Å²) in [6.45, 7) is 2.07. The molecule has 0 heterocycles. The summed E-state index contributed by atoms with van der Waals surface area (Å²) in [6.07, 6.45) is 0.885. The number of ether oxygens (including phenoxy) is 1. The van der Waals surface area contributed by atoms with E-state index in [0.29, 0.717) is 0 Å². The quantitative estimate of drug-likeness (QED) is 0.892. The normalized spacial score (nSPS) is 12.2. The molecule has 18 heavy (non-hydrogen) atoms. The third-order valence-corrected chi connectivity index (χ3v) is 3.47. The highest BCUT2D eigenvalue weighted by atomic mass is 79.9. The summed E-state index contributed by atoms with van der Waals surface area (Å²) in [5.74, 6) is 1.62. The third kappa shape index (κ3) is 2.92. The molecule has 0 fully saturated rings. The van der Waals surface area contributed by atoms with Crippen molar-refractivity contribution in [3.05, 3.63) is 58.6 Å². The Morgan fingerprint density at radius 3 is 2.33 bits per heavy atom. The molecule has 3 heteroatoms. The van der Waals surface area contributed by atoms with E-state index in [9.17, 15) is 0 Å². The van der Waals surface area contributed by atoms with Crippen molar-refractivity contribution in [3.63, 3.8) is 0 Å². The summed E-state index contributed by atoms with van der Waals surface area (Å²) in [7, 11) is 0. The van der Waals surface area contributed by atoms with Crippen LogP contribution in [-0.4, -0.2) is 0 Å². The molecule has 0 unspecified atom stereocenters. The highest BCUT2D eigenvalue weighted by Crippen LogP contribution is 2.33. The van der Waals surface area contributed by atoms with Crippen molar-refractivity contribution >= 4 is 15.9 Å². The first-order valence-corrected chi connectivity index (χ1v) is 6.78. The monoisotopic (exact) mass is 305 g/mol. The second kappa shape index (κ2) is 6.03. The fourth-order valence-corrected chi connectivity index (χ4v) is 2.11. The summed E-state index contributed by atoms with van der Waals surface area (Å²) in [5.41, 5.74) is 7.13. The molecule has 0 spiro atoms. The van der Waals surface area contributed by atoms with Gasteiger partial charge in [0.05, 0.1) is 4.47 Å². The smallest absolute Gasteiger partial charge is 0.141 e. The zero-order valence-corrected chi connectivity index (χ0v) is 11.9. The molecule has 94 valence electrons. The Balaban J connectivity index is 2.32. The van der Waals surface area contributed by atoms with Crippen molar-refractivity contribution < 1.29 is 4.74 Å². The maximum absolute atomic E-state index is 6.10. The van der Waals surface area contributed by atoms with E-state index in [-0.39, 0.29) is 6.04 Å². The molecule has 0 aliphatic carbocycles. The fourth-order valence-electron chi connectivity index (χ4n) is 1.75. The summed E-state index contributed by atoms with van der Waals surface area (Å²) in [4.78, 5) is 0. The van der Waals surface area contributed by atoms with Crippen LogP contribution in [0.15, 0.2) is 53.0 Å². The molecule has 0 aliphatic rings. The van der Waals surface area contributed by atoms with E-state index in [4.69, 9.17) is 10.5 Å². The van der Waals surface area contributed by atoms with Gasteiger partial charge in [0.25, 0.3) is 0 Å². The number of halogens is 1. The Morgan fingerprint density at radius 1 is 1.06 bits per heavy atom. The van der Waals surface area contributed by atoms with Gasteiger partial charge in [0.2, 0.25) is 0 Å². The van der Waals surface area contributed by atoms with Crippen LogP contribution in [0.4, 0.5) is 0 Å². The molecule has 2 rings (SSSR count). The number of rotatable bonds is 4. The molecule has 0 radical (unpaired) electrons. The van der Waals surface area contributed by atoms with Crippen LogP contribution in [0.3, 0.4) is 0 Å². The van der Waals surface area contributed by atoms with Crippen LogP contribution in [0.5, 0.6) is 11.5 Å². The van der Waals surface area contributed by atoms with Gasteiger partial charge in [0.1, 0.15) is 11.5 Å². The lowest BCUT2D eigenvalue weighted by molar-refractivity contribution is 0.466. The molecular weight excluding hydrogens is 290 g/mol. The number of para-hydroxylation sites is 2. The van der Waals surface area contributed by atoms with Crippen LogP contribution >= 0.6 is 15.9 Å². The van der Waals surface area contributed by atoms with Gasteiger partial charge in [-0.1, -0.05) is 37.3 Å². The van der Waals surface area contributed by atoms with Crippen LogP contribution in [0.25, 0.3) is 0 Å². The largest absolute Gasteiger partial charge is 0.456 e. The van der Waals surface area contributed by atoms with Crippen molar-refractivity contribution in [2.24, 2.45) is 5.73 Å². The standard InChI is InChI=1S/C15H16BrNO/c1-2-13(17)11-7-3-5-9-14(11)18-15-10-6-4-8-12(15)16/h3-10,13H,2,17H2,1H3/t13-/m1/s1. The maximum Gasteiger partial charge on any atom is 0.141 e. The zero-order chi connectivity index (χ0) is 13.0. The molecular formula is C15H16BrNO. The zero-order valence-electron chi connectivity index (χ0n) is 10.3. The van der Waals surface area contributed by atoms with Crippen molar-refractivity contribution in [1.82, 2.24) is 0 Å². The SMILES string of the molecule is CC[C@@H](N)c1ccccc1Oc1ccccc1Br. The second-order valence-corrected chi connectivity index (χ2v) is 4.94. The average Bonchev–Trinajstić information content (AvgIpc) is 2.41. The lowest BCUT2D eigenvalue weighted by Gasteiger charge is -2.16. The van der Waals surface area contributed by atoms with E-state index in [0.717, 1.165) is 28.0 Å². The third-order valence-electron chi connectivity index (χ3n) is 2.81. The summed E-state index contributed by atoms with van der Waals surface area (Å²) in [5, 5.41) is 0. The Labute approximate surface area is 116 Å². The second-order valence-electron chi connectivity index (χ2n) is 4.09. The minimum atomic E-state index is 0.00341. The van der Waals surface area contributed by atoms with Gasteiger partial charge in [0, 0.05) is 11.6 Å². The lowest BCUT2D eigenvalue weighted by Crippen LogP contribution is -2.09. The van der Waals surface area contributed by atoms with E-state index in [2.05, 4.69) is 22.9 Å². The van der Waals surface area contributed by atoms with Gasteiger partial charge in [-0.15, -0.1) is 0 Å². The molecule has 0 aliphatic heterocycles.